The van der Waals surface area contributed by atoms with E-state index in [1.54, 1.807) is 0 Å². The van der Waals surface area contributed by atoms with Crippen LogP contribution in [0.5, 0.6) is 5.75 Å². The smallest absolute Gasteiger partial charge is 0.355 e. The number of hydrogen-bond donors (Lipinski definition) is 2. The number of anilines is 1. The van der Waals surface area contributed by atoms with Crippen LogP contribution in [0.25, 0.3) is 28.0 Å². The van der Waals surface area contributed by atoms with Crippen molar-refractivity contribution in [1.29, 1.82) is 0 Å². The van der Waals surface area contributed by atoms with Crippen LogP contribution in [0.3, 0.4) is 0 Å². The summed E-state index contributed by atoms with van der Waals surface area (Å²) in [7, 11) is 0. The summed E-state index contributed by atoms with van der Waals surface area (Å²) in [6, 6.07) is 10.9. The highest BCUT2D eigenvalue weighted by Gasteiger charge is 2.26. The molecule has 1 atom stereocenters. The molecule has 1 saturated heterocycles. The van der Waals surface area contributed by atoms with Gasteiger partial charge in [-0.15, -0.1) is 0 Å². The van der Waals surface area contributed by atoms with Crippen molar-refractivity contribution in [2.24, 2.45) is 0 Å². The van der Waals surface area contributed by atoms with Gasteiger partial charge in [-0.3, -0.25) is 0 Å². The SMILES string of the molecule is Cc1cccc(C(C)C)c1-n1c(=O)nc(N2CCN[C@@H](C)C2)c2cc(F)c(-c3c(O)cccc3F)nc21. The fourth-order valence-corrected chi connectivity index (χ4v) is 5.05. The lowest BCUT2D eigenvalue weighted by molar-refractivity contribution is 0.470. The van der Waals surface area contributed by atoms with Crippen molar-refractivity contribution >= 4 is 16.9 Å². The summed E-state index contributed by atoms with van der Waals surface area (Å²) in [5.41, 5.74) is 1.19. The van der Waals surface area contributed by atoms with E-state index in [9.17, 15) is 14.3 Å². The maximum Gasteiger partial charge on any atom is 0.355 e. The molecule has 1 fully saturated rings. The third kappa shape index (κ3) is 4.33. The molecule has 0 amide bonds. The van der Waals surface area contributed by atoms with Crippen LogP contribution in [0.2, 0.25) is 0 Å². The number of nitrogens with zero attached hydrogens (tertiary/aromatic N) is 4. The molecular formula is C28H29F2N5O2. The molecule has 0 spiro atoms. The molecule has 0 unspecified atom stereocenters. The van der Waals surface area contributed by atoms with Gasteiger partial charge in [-0.2, -0.15) is 4.98 Å². The maximum atomic E-state index is 15.6. The number of phenols is 1. The van der Waals surface area contributed by atoms with E-state index < -0.39 is 23.1 Å². The predicted molar refractivity (Wildman–Crippen MR) is 141 cm³/mol. The quantitative estimate of drug-likeness (QED) is 0.420. The molecular weight excluding hydrogens is 476 g/mol. The van der Waals surface area contributed by atoms with Crippen LogP contribution in [-0.2, 0) is 0 Å². The lowest BCUT2D eigenvalue weighted by Gasteiger charge is -2.33. The van der Waals surface area contributed by atoms with Gasteiger partial charge in [0.2, 0.25) is 0 Å². The van der Waals surface area contributed by atoms with E-state index in [1.165, 1.54) is 22.8 Å². The predicted octanol–water partition coefficient (Wildman–Crippen LogP) is 4.66. The molecule has 0 bridgehead atoms. The molecule has 192 valence electrons. The Hall–Kier alpha value is -3.85. The number of piperazine rings is 1. The second kappa shape index (κ2) is 9.55. The zero-order valence-electron chi connectivity index (χ0n) is 21.2. The van der Waals surface area contributed by atoms with Crippen molar-refractivity contribution in [3.63, 3.8) is 0 Å². The van der Waals surface area contributed by atoms with Crippen molar-refractivity contribution in [2.75, 3.05) is 24.5 Å². The molecule has 2 aromatic carbocycles. The lowest BCUT2D eigenvalue weighted by Crippen LogP contribution is -2.50. The maximum absolute atomic E-state index is 15.6. The van der Waals surface area contributed by atoms with E-state index in [1.807, 2.05) is 50.8 Å². The highest BCUT2D eigenvalue weighted by molar-refractivity contribution is 5.91. The van der Waals surface area contributed by atoms with Gasteiger partial charge in [0, 0.05) is 25.7 Å². The number of benzene rings is 2. The molecule has 3 heterocycles. The molecule has 0 saturated carbocycles. The average molecular weight is 506 g/mol. The van der Waals surface area contributed by atoms with Crippen LogP contribution in [0.1, 0.15) is 37.8 Å². The van der Waals surface area contributed by atoms with E-state index in [2.05, 4.69) is 15.3 Å². The number of para-hydroxylation sites is 1. The first-order valence-electron chi connectivity index (χ1n) is 12.4. The van der Waals surface area contributed by atoms with Gasteiger partial charge < -0.3 is 15.3 Å². The van der Waals surface area contributed by atoms with Crippen LogP contribution in [0.4, 0.5) is 14.6 Å². The summed E-state index contributed by atoms with van der Waals surface area (Å²) in [5, 5.41) is 14.1. The molecule has 7 nitrogen and oxygen atoms in total. The molecule has 2 aromatic heterocycles. The monoisotopic (exact) mass is 505 g/mol. The Morgan fingerprint density at radius 1 is 1.11 bits per heavy atom. The van der Waals surface area contributed by atoms with E-state index in [0.29, 0.717) is 36.5 Å². The Morgan fingerprint density at radius 2 is 1.86 bits per heavy atom. The van der Waals surface area contributed by atoms with Crippen molar-refractivity contribution in [2.45, 2.75) is 39.7 Å². The van der Waals surface area contributed by atoms with E-state index in [0.717, 1.165) is 17.2 Å². The number of rotatable bonds is 4. The van der Waals surface area contributed by atoms with Crippen LogP contribution in [0, 0.1) is 18.6 Å². The largest absolute Gasteiger partial charge is 0.507 e. The first-order valence-corrected chi connectivity index (χ1v) is 12.4. The first kappa shape index (κ1) is 24.8. The summed E-state index contributed by atoms with van der Waals surface area (Å²) < 4.78 is 31.8. The number of nitrogens with one attached hydrogen (secondary N) is 1. The van der Waals surface area contributed by atoms with Gasteiger partial charge in [0.05, 0.1) is 16.6 Å². The number of aromatic nitrogens is 3. The minimum absolute atomic E-state index is 0.0704. The molecule has 5 rings (SSSR count). The Balaban J connectivity index is 1.90. The van der Waals surface area contributed by atoms with Crippen molar-refractivity contribution < 1.29 is 13.9 Å². The number of aromatic hydroxyl groups is 1. The molecule has 9 heteroatoms. The van der Waals surface area contributed by atoms with Gasteiger partial charge >= 0.3 is 5.69 Å². The zero-order chi connectivity index (χ0) is 26.4. The van der Waals surface area contributed by atoms with Gasteiger partial charge in [-0.25, -0.2) is 23.1 Å². The minimum Gasteiger partial charge on any atom is -0.507 e. The topological polar surface area (TPSA) is 83.3 Å². The third-order valence-corrected chi connectivity index (χ3v) is 6.81. The average Bonchev–Trinajstić information content (AvgIpc) is 2.84. The minimum atomic E-state index is -0.821. The molecule has 1 aliphatic heterocycles. The van der Waals surface area contributed by atoms with E-state index in [-0.39, 0.29) is 28.9 Å². The standard InChI is InChI=1S/C28H29F2N5O2/c1-15(2)18-8-5-7-16(3)25(18)35-27-19(26(33-28(35)37)34-12-11-31-17(4)14-34)13-21(30)24(32-27)23-20(29)9-6-10-22(23)36/h5-10,13,15,17,31,36H,11-12,14H2,1-4H3/t17-/m0/s1. The van der Waals surface area contributed by atoms with Crippen LogP contribution < -0.4 is 15.9 Å². The van der Waals surface area contributed by atoms with Crippen LogP contribution in [0.15, 0.2) is 47.3 Å². The van der Waals surface area contributed by atoms with Crippen molar-refractivity contribution in [3.05, 3.63) is 75.7 Å². The Labute approximate surface area is 213 Å². The number of pyridine rings is 1. The second-order valence-electron chi connectivity index (χ2n) is 9.85. The van der Waals surface area contributed by atoms with Crippen molar-refractivity contribution in [1.82, 2.24) is 19.9 Å². The molecule has 4 aromatic rings. The number of halogens is 2. The van der Waals surface area contributed by atoms with Gasteiger partial charge in [0.25, 0.3) is 0 Å². The van der Waals surface area contributed by atoms with Gasteiger partial charge in [0.15, 0.2) is 11.5 Å². The number of hydrogen-bond acceptors (Lipinski definition) is 6. The molecule has 37 heavy (non-hydrogen) atoms. The number of fused-ring (bicyclic) bond motifs is 1. The van der Waals surface area contributed by atoms with Gasteiger partial charge in [-0.05, 0) is 49.1 Å². The summed E-state index contributed by atoms with van der Waals surface area (Å²) in [4.78, 5) is 24.6. The third-order valence-electron chi connectivity index (χ3n) is 6.81. The van der Waals surface area contributed by atoms with E-state index >= 15 is 4.39 Å². The van der Waals surface area contributed by atoms with Gasteiger partial charge in [0.1, 0.15) is 23.1 Å². The molecule has 0 radical (unpaired) electrons. The van der Waals surface area contributed by atoms with Crippen LogP contribution in [-0.4, -0.2) is 45.3 Å². The Kier molecular flexibility index (Phi) is 6.41. The van der Waals surface area contributed by atoms with Crippen molar-refractivity contribution in [3.8, 4) is 22.7 Å². The Morgan fingerprint density at radius 3 is 2.57 bits per heavy atom. The zero-order valence-corrected chi connectivity index (χ0v) is 21.2. The summed E-state index contributed by atoms with van der Waals surface area (Å²) in [5.74, 6) is -1.67. The summed E-state index contributed by atoms with van der Waals surface area (Å²) in [6.45, 7) is 9.78. The fraction of sp³-hybridized carbons (Fsp3) is 0.321. The molecule has 2 N–H and O–H groups in total. The number of aryl methyl sites for hydroxylation is 1. The van der Waals surface area contributed by atoms with E-state index in [4.69, 9.17) is 0 Å². The van der Waals surface area contributed by atoms with Gasteiger partial charge in [-0.1, -0.05) is 38.1 Å². The lowest BCUT2D eigenvalue weighted by atomic mass is 9.98. The Bertz CT molecular complexity index is 1550. The second-order valence-corrected chi connectivity index (χ2v) is 9.85. The first-order chi connectivity index (χ1) is 17.7. The highest BCUT2D eigenvalue weighted by atomic mass is 19.1. The highest BCUT2D eigenvalue weighted by Crippen LogP contribution is 2.36. The molecule has 0 aliphatic carbocycles. The van der Waals surface area contributed by atoms with Crippen LogP contribution >= 0.6 is 0 Å². The fourth-order valence-electron chi connectivity index (χ4n) is 5.05. The summed E-state index contributed by atoms with van der Waals surface area (Å²) in [6.07, 6.45) is 0. The normalized spacial score (nSPS) is 16.1. The number of phenolic OH excluding ortho intramolecular Hbond substituents is 1. The molecule has 1 aliphatic rings. The summed E-state index contributed by atoms with van der Waals surface area (Å²) >= 11 is 0.